The van der Waals surface area contributed by atoms with Gasteiger partial charge in [0.05, 0.1) is 18.5 Å². The average Bonchev–Trinajstić information content (AvgIpc) is 4.30. The summed E-state index contributed by atoms with van der Waals surface area (Å²) in [5, 5.41) is 16.0. The zero-order chi connectivity index (χ0) is 57.0. The van der Waals surface area contributed by atoms with Gasteiger partial charge in [-0.25, -0.2) is 4.79 Å². The quantitative estimate of drug-likeness (QED) is 0.0778. The van der Waals surface area contributed by atoms with Crippen LogP contribution < -0.4 is 37.1 Å². The molecule has 3 saturated heterocycles. The number of H-pyrrole nitrogens is 1. The van der Waals surface area contributed by atoms with E-state index in [2.05, 4.69) is 36.5 Å². The molecule has 4 aliphatic heterocycles. The monoisotopic (exact) mass is 1110 g/mol. The lowest BCUT2D eigenvalue weighted by Crippen LogP contribution is -2.61. The minimum absolute atomic E-state index is 0.00306. The number of carbonyl (C=O) groups is 7. The molecule has 0 radical (unpaired) electrons. The number of benzene rings is 5. The molecule has 3 fully saturated rings. The Morgan fingerprint density at radius 1 is 0.646 bits per heavy atom. The number of ketones is 1. The number of aromatic amines is 1. The van der Waals surface area contributed by atoms with Gasteiger partial charge in [-0.15, -0.1) is 0 Å². The highest BCUT2D eigenvalue weighted by molar-refractivity contribution is 5.99. The number of aromatic nitrogens is 1. The molecule has 7 atom stereocenters. The number of para-hydroxylation sites is 1. The van der Waals surface area contributed by atoms with Crippen molar-refractivity contribution in [1.82, 2.24) is 46.3 Å². The number of nitrogens with one attached hydrogen (secondary N) is 6. The van der Waals surface area contributed by atoms with Crippen molar-refractivity contribution in [1.29, 1.82) is 0 Å². The fraction of sp³-hybridized carbons (Fsp3) is 0.381. The van der Waals surface area contributed by atoms with Crippen LogP contribution in [0.4, 0.5) is 4.79 Å². The summed E-state index contributed by atoms with van der Waals surface area (Å²) in [5.74, 6) is -3.77. The Kier molecular flexibility index (Phi) is 18.7. The van der Waals surface area contributed by atoms with E-state index in [9.17, 15) is 4.79 Å². The summed E-state index contributed by atoms with van der Waals surface area (Å²) >= 11 is 0. The number of nitrogens with zero attached hydrogens (tertiary/aromatic N) is 3. The van der Waals surface area contributed by atoms with Crippen molar-refractivity contribution in [3.63, 3.8) is 0 Å². The molecule has 6 amide bonds. The maximum absolute atomic E-state index is 15.8. The third-order valence-corrected chi connectivity index (χ3v) is 16.1. The number of fused-ring (bicyclic) bond motifs is 4. The van der Waals surface area contributed by atoms with E-state index in [-0.39, 0.29) is 71.2 Å². The van der Waals surface area contributed by atoms with Gasteiger partial charge in [0.15, 0.2) is 5.78 Å². The molecule has 0 saturated carbocycles. The number of rotatable bonds is 15. The van der Waals surface area contributed by atoms with Crippen molar-refractivity contribution in [2.45, 2.75) is 94.4 Å². The normalized spacial score (nSPS) is 23.1. The van der Waals surface area contributed by atoms with Crippen LogP contribution in [-0.2, 0) is 72.3 Å². The lowest BCUT2D eigenvalue weighted by molar-refractivity contribution is -0.151. The highest BCUT2D eigenvalue weighted by atomic mass is 16.6. The van der Waals surface area contributed by atoms with Gasteiger partial charge >= 0.3 is 6.09 Å². The van der Waals surface area contributed by atoms with Gasteiger partial charge in [-0.2, -0.15) is 0 Å². The predicted octanol–water partition coefficient (Wildman–Crippen LogP) is 3.72. The number of alkyl carbamates (subject to hydrolysis) is 1. The Bertz CT molecular complexity index is 3210. The van der Waals surface area contributed by atoms with Gasteiger partial charge in [0, 0.05) is 102 Å². The van der Waals surface area contributed by atoms with E-state index >= 15 is 28.8 Å². The fourth-order valence-electron chi connectivity index (χ4n) is 11.7. The number of hydrogen-bond donors (Lipinski definition) is 7. The summed E-state index contributed by atoms with van der Waals surface area (Å²) in [5.41, 5.74) is 11.5. The zero-order valence-electron chi connectivity index (χ0n) is 45.9. The predicted molar refractivity (Wildman–Crippen MR) is 308 cm³/mol. The summed E-state index contributed by atoms with van der Waals surface area (Å²) in [6.45, 7) is 3.13. The number of amides is 6. The summed E-state index contributed by atoms with van der Waals surface area (Å²) in [6.07, 6.45) is 0.222. The fourth-order valence-corrected chi connectivity index (χ4v) is 11.7. The van der Waals surface area contributed by atoms with Gasteiger partial charge in [0.1, 0.15) is 42.6 Å². The number of piperazine rings is 1. The lowest BCUT2D eigenvalue weighted by atomic mass is 9.90. The molecule has 0 unspecified atom stereocenters. The molecule has 8 N–H and O–H groups in total. The first kappa shape index (κ1) is 56.9. The molecule has 1 aromatic heterocycles. The second-order valence-electron chi connectivity index (χ2n) is 21.8. The van der Waals surface area contributed by atoms with Gasteiger partial charge in [-0.05, 0) is 64.4 Å². The molecule has 0 bridgehead atoms. The van der Waals surface area contributed by atoms with E-state index in [1.807, 2.05) is 133 Å². The van der Waals surface area contributed by atoms with Crippen LogP contribution in [0.5, 0.6) is 5.75 Å². The van der Waals surface area contributed by atoms with E-state index in [1.165, 1.54) is 9.80 Å². The van der Waals surface area contributed by atoms with Crippen LogP contribution in [0.3, 0.4) is 0 Å². The van der Waals surface area contributed by atoms with E-state index in [1.54, 1.807) is 6.20 Å². The summed E-state index contributed by atoms with van der Waals surface area (Å²) in [6, 6.07) is 35.6. The molecule has 428 valence electrons. The van der Waals surface area contributed by atoms with Crippen molar-refractivity contribution in [3.05, 3.63) is 173 Å². The van der Waals surface area contributed by atoms with Crippen LogP contribution in [-0.4, -0.2) is 150 Å². The molecule has 0 aliphatic carbocycles. The van der Waals surface area contributed by atoms with E-state index in [0.29, 0.717) is 50.5 Å². The van der Waals surface area contributed by atoms with Crippen LogP contribution in [0.1, 0.15) is 52.6 Å². The number of nitrogens with two attached hydrogens (primary N) is 1. The third-order valence-electron chi connectivity index (χ3n) is 16.1. The second-order valence-corrected chi connectivity index (χ2v) is 21.8. The smallest absolute Gasteiger partial charge is 0.407 e. The Morgan fingerprint density at radius 2 is 1.33 bits per heavy atom. The van der Waals surface area contributed by atoms with Gasteiger partial charge < -0.3 is 61.5 Å². The van der Waals surface area contributed by atoms with Crippen LogP contribution in [0.25, 0.3) is 10.9 Å². The molecule has 19 nitrogen and oxygen atoms in total. The maximum atomic E-state index is 15.8. The summed E-state index contributed by atoms with van der Waals surface area (Å²) in [7, 11) is 0. The van der Waals surface area contributed by atoms with Gasteiger partial charge in [-0.1, -0.05) is 115 Å². The van der Waals surface area contributed by atoms with E-state index in [0.717, 1.165) is 38.7 Å². The van der Waals surface area contributed by atoms with Crippen LogP contribution in [0.2, 0.25) is 0 Å². The SMILES string of the molecule is NCCNC(=O)O[C@@H]1C[C@H]2C(=O)N[C@@H](CCc3ccccc3)C(=O)N[C@H](Cc3c[nH]c4ccccc34)C(=O)C[C@@H](CN3CCNCC3)C(=O)N[C@@H](Cc3ccc(OCc4ccccc4)cc3)C(=O)N3Cc4ccccc4C[C@H]3C(=O)N2C1. The molecule has 19 heteroatoms. The minimum atomic E-state index is -1.27. The van der Waals surface area contributed by atoms with Crippen LogP contribution in [0.15, 0.2) is 140 Å². The van der Waals surface area contributed by atoms with Gasteiger partial charge in [0.25, 0.3) is 0 Å². The second kappa shape index (κ2) is 26.9. The highest BCUT2D eigenvalue weighted by Gasteiger charge is 2.48. The van der Waals surface area contributed by atoms with Crippen molar-refractivity contribution in [2.75, 3.05) is 52.4 Å². The third kappa shape index (κ3) is 14.2. The molecule has 4 aliphatic rings. The van der Waals surface area contributed by atoms with Crippen molar-refractivity contribution in [3.8, 4) is 5.75 Å². The first-order chi connectivity index (χ1) is 40.0. The molecule has 5 aromatic carbocycles. The van der Waals surface area contributed by atoms with Gasteiger partial charge in [0.2, 0.25) is 29.5 Å². The standard InChI is InChI=1S/C63H72N10O9/c64-25-26-66-63(80)82-49-35-55-60(77)68-52(24-21-41-11-3-1-4-12-41)59(76)69-53(32-46-36-67-51-18-10-9-17-50(46)51)57(74)34-47(37-71-29-27-65-28-30-71)58(75)70-54(31-42-19-22-48(23-20-42)81-40-43-13-5-2-6-14-43)61(78)72-38-45-16-8-7-15-44(45)33-56(72)62(79)73(55)39-49/h1-20,22-23,36,47,49,52-56,65,67H,21,24-35,37-40,64H2,(H,66,80)(H,68,77)(H,69,76)(H,70,75)/t47-,49+,52-,53+,54-,55-,56-/m0/s1. The molecule has 10 rings (SSSR count). The van der Waals surface area contributed by atoms with Crippen molar-refractivity contribution < 1.29 is 43.0 Å². The minimum Gasteiger partial charge on any atom is -0.489 e. The number of ether oxygens (including phenoxy) is 2. The Balaban J connectivity index is 1.05. The number of Topliss-reactive ketones (excluding diaryl/α,β-unsaturated/α-hetero) is 1. The Hall–Kier alpha value is -8.39. The first-order valence-electron chi connectivity index (χ1n) is 28.5. The molecular formula is C63H72N10O9. The van der Waals surface area contributed by atoms with Crippen molar-refractivity contribution >= 4 is 52.3 Å². The highest BCUT2D eigenvalue weighted by Crippen LogP contribution is 2.31. The summed E-state index contributed by atoms with van der Waals surface area (Å²) < 4.78 is 11.9. The molecule has 6 aromatic rings. The lowest BCUT2D eigenvalue weighted by Gasteiger charge is -2.40. The van der Waals surface area contributed by atoms with Crippen molar-refractivity contribution in [2.24, 2.45) is 11.7 Å². The number of aryl methyl sites for hydroxylation is 1. The number of carbonyl (C=O) groups excluding carboxylic acids is 7. The Labute approximate surface area is 477 Å². The maximum Gasteiger partial charge on any atom is 0.407 e. The molecule has 5 heterocycles. The zero-order valence-corrected chi connectivity index (χ0v) is 45.9. The molecule has 0 spiro atoms. The van der Waals surface area contributed by atoms with Gasteiger partial charge in [-0.3, -0.25) is 28.8 Å². The van der Waals surface area contributed by atoms with Crippen LogP contribution >= 0.6 is 0 Å². The topological polar surface area (TPSA) is 250 Å². The number of hydrogen-bond acceptors (Lipinski definition) is 12. The van der Waals surface area contributed by atoms with E-state index in [4.69, 9.17) is 15.2 Å². The van der Waals surface area contributed by atoms with E-state index < -0.39 is 83.6 Å². The van der Waals surface area contributed by atoms with Crippen LogP contribution in [0, 0.1) is 5.92 Å². The average molecular weight is 1110 g/mol. The largest absolute Gasteiger partial charge is 0.489 e. The Morgan fingerprint density at radius 3 is 2.09 bits per heavy atom. The molecule has 82 heavy (non-hydrogen) atoms. The first-order valence-corrected chi connectivity index (χ1v) is 28.5. The molecular weight excluding hydrogens is 1040 g/mol. The summed E-state index contributed by atoms with van der Waals surface area (Å²) in [4.78, 5) is 114.